The number of esters is 2. The van der Waals surface area contributed by atoms with Gasteiger partial charge in [0.1, 0.15) is 18.9 Å². The van der Waals surface area contributed by atoms with Crippen LogP contribution in [-0.2, 0) is 14.2 Å². The van der Waals surface area contributed by atoms with Gasteiger partial charge in [-0.05, 0) is 24.3 Å². The summed E-state index contributed by atoms with van der Waals surface area (Å²) in [5.74, 6) is -1.28. The van der Waals surface area contributed by atoms with Crippen molar-refractivity contribution in [3.63, 3.8) is 0 Å². The van der Waals surface area contributed by atoms with Crippen molar-refractivity contribution in [3.05, 3.63) is 71.8 Å². The summed E-state index contributed by atoms with van der Waals surface area (Å²) < 4.78 is 29.9. The van der Waals surface area contributed by atoms with Crippen molar-refractivity contribution in [3.8, 4) is 0 Å². The van der Waals surface area contributed by atoms with Gasteiger partial charge >= 0.3 is 11.9 Å². The Morgan fingerprint density at radius 2 is 1.50 bits per heavy atom. The molecule has 1 saturated heterocycles. The molecule has 3 rings (SSSR count). The van der Waals surface area contributed by atoms with Crippen LogP contribution < -0.4 is 5.73 Å². The van der Waals surface area contributed by atoms with Gasteiger partial charge in [0.15, 0.2) is 12.3 Å². The summed E-state index contributed by atoms with van der Waals surface area (Å²) in [6.07, 6.45) is -5.23. The number of alkyl halides is 1. The van der Waals surface area contributed by atoms with Crippen molar-refractivity contribution in [1.82, 2.24) is 0 Å². The molecule has 0 radical (unpaired) electrons. The van der Waals surface area contributed by atoms with Crippen LogP contribution in [0.25, 0.3) is 0 Å². The van der Waals surface area contributed by atoms with E-state index < -0.39 is 36.5 Å². The molecule has 0 spiro atoms. The van der Waals surface area contributed by atoms with Gasteiger partial charge in [-0.1, -0.05) is 36.4 Å². The van der Waals surface area contributed by atoms with E-state index in [4.69, 9.17) is 19.9 Å². The Bertz CT molecular complexity index is 755. The lowest BCUT2D eigenvalue weighted by molar-refractivity contribution is -0.0417. The van der Waals surface area contributed by atoms with E-state index in [1.165, 1.54) is 0 Å². The van der Waals surface area contributed by atoms with Crippen LogP contribution >= 0.6 is 0 Å². The summed E-state index contributed by atoms with van der Waals surface area (Å²) in [5, 5.41) is 0. The molecule has 1 aliphatic rings. The number of rotatable bonds is 5. The topological polar surface area (TPSA) is 87.8 Å². The van der Waals surface area contributed by atoms with Gasteiger partial charge in [-0.25, -0.2) is 14.0 Å². The maximum atomic E-state index is 14.3. The molecule has 0 aliphatic carbocycles. The van der Waals surface area contributed by atoms with E-state index in [0.29, 0.717) is 5.56 Å². The minimum Gasteiger partial charge on any atom is -0.459 e. The molecule has 136 valence electrons. The first-order valence-corrected chi connectivity index (χ1v) is 8.09. The van der Waals surface area contributed by atoms with Crippen molar-refractivity contribution in [2.24, 2.45) is 5.73 Å². The molecule has 2 aromatic carbocycles. The maximum absolute atomic E-state index is 14.3. The second-order valence-electron chi connectivity index (χ2n) is 5.78. The number of hydrogen-bond donors (Lipinski definition) is 1. The van der Waals surface area contributed by atoms with Crippen LogP contribution in [0.3, 0.4) is 0 Å². The number of hydrogen-bond acceptors (Lipinski definition) is 6. The summed E-state index contributed by atoms with van der Waals surface area (Å²) >= 11 is 0. The molecule has 7 heteroatoms. The number of ether oxygens (including phenoxy) is 3. The molecule has 0 saturated carbocycles. The van der Waals surface area contributed by atoms with Crippen molar-refractivity contribution in [2.45, 2.75) is 24.6 Å². The molecule has 2 aromatic rings. The Morgan fingerprint density at radius 3 is 2.08 bits per heavy atom. The molecule has 4 atom stereocenters. The van der Waals surface area contributed by atoms with Crippen LogP contribution in [0, 0.1) is 0 Å². The van der Waals surface area contributed by atoms with E-state index in [9.17, 15) is 14.0 Å². The van der Waals surface area contributed by atoms with Gasteiger partial charge in [-0.3, -0.25) is 0 Å². The fourth-order valence-corrected chi connectivity index (χ4v) is 2.60. The van der Waals surface area contributed by atoms with E-state index in [0.717, 1.165) is 0 Å². The highest BCUT2D eigenvalue weighted by Gasteiger charge is 2.46. The molecule has 1 fully saturated rings. The SMILES string of the molecule is NC1O[C@H](COC(=O)c2ccccc2)[C@@H](OC(=O)c2ccccc2)[C@@H]1F. The van der Waals surface area contributed by atoms with Gasteiger partial charge in [0, 0.05) is 0 Å². The largest absolute Gasteiger partial charge is 0.459 e. The van der Waals surface area contributed by atoms with Crippen molar-refractivity contribution < 1.29 is 28.2 Å². The molecule has 0 amide bonds. The summed E-state index contributed by atoms with van der Waals surface area (Å²) in [6.45, 7) is -0.283. The van der Waals surface area contributed by atoms with E-state index >= 15 is 0 Å². The summed E-state index contributed by atoms with van der Waals surface area (Å²) in [5.41, 5.74) is 6.19. The molecular formula is C19H18FNO5. The fourth-order valence-electron chi connectivity index (χ4n) is 2.60. The Kier molecular flexibility index (Phi) is 5.60. The minimum atomic E-state index is -1.72. The smallest absolute Gasteiger partial charge is 0.338 e. The van der Waals surface area contributed by atoms with Crippen molar-refractivity contribution >= 4 is 11.9 Å². The van der Waals surface area contributed by atoms with Gasteiger partial charge in [-0.15, -0.1) is 0 Å². The lowest BCUT2D eigenvalue weighted by Gasteiger charge is -2.19. The summed E-state index contributed by atoms with van der Waals surface area (Å²) in [4.78, 5) is 24.2. The zero-order chi connectivity index (χ0) is 18.5. The Hall–Kier alpha value is -2.77. The molecule has 0 bridgehead atoms. The number of benzene rings is 2. The highest BCUT2D eigenvalue weighted by Crippen LogP contribution is 2.25. The molecule has 1 heterocycles. The Morgan fingerprint density at radius 1 is 0.962 bits per heavy atom. The van der Waals surface area contributed by atoms with E-state index in [-0.39, 0.29) is 12.2 Å². The minimum absolute atomic E-state index is 0.278. The van der Waals surface area contributed by atoms with Crippen LogP contribution in [0.5, 0.6) is 0 Å². The molecule has 1 unspecified atom stereocenters. The molecule has 2 N–H and O–H groups in total. The summed E-state index contributed by atoms with van der Waals surface area (Å²) in [7, 11) is 0. The first-order valence-electron chi connectivity index (χ1n) is 8.09. The van der Waals surface area contributed by atoms with Crippen molar-refractivity contribution in [1.29, 1.82) is 0 Å². The zero-order valence-electron chi connectivity index (χ0n) is 13.8. The zero-order valence-corrected chi connectivity index (χ0v) is 13.8. The van der Waals surface area contributed by atoms with Gasteiger partial charge in [-0.2, -0.15) is 0 Å². The number of halogens is 1. The second kappa shape index (κ2) is 8.07. The molecule has 6 nitrogen and oxygen atoms in total. The second-order valence-corrected chi connectivity index (χ2v) is 5.78. The highest BCUT2D eigenvalue weighted by atomic mass is 19.1. The third kappa shape index (κ3) is 4.07. The van der Waals surface area contributed by atoms with Crippen LogP contribution in [0.15, 0.2) is 60.7 Å². The van der Waals surface area contributed by atoms with Crippen LogP contribution in [0.4, 0.5) is 4.39 Å². The fraction of sp³-hybridized carbons (Fsp3) is 0.263. The predicted octanol–water partition coefficient (Wildman–Crippen LogP) is 2.09. The maximum Gasteiger partial charge on any atom is 0.338 e. The van der Waals surface area contributed by atoms with Gasteiger partial charge in [0.25, 0.3) is 0 Å². The third-order valence-corrected chi connectivity index (χ3v) is 3.97. The average Bonchev–Trinajstić information content (AvgIpc) is 2.95. The van der Waals surface area contributed by atoms with E-state index in [2.05, 4.69) is 0 Å². The van der Waals surface area contributed by atoms with E-state index in [1.54, 1.807) is 60.7 Å². The monoisotopic (exact) mass is 359 g/mol. The standard InChI is InChI=1S/C19H18FNO5/c20-15-16(26-19(23)13-9-5-2-6-10-13)14(25-17(15)21)11-24-18(22)12-7-3-1-4-8-12/h1-10,14-17H,11,21H2/t14-,15+,16-,17?/m1/s1. The van der Waals surface area contributed by atoms with E-state index in [1.807, 2.05) is 0 Å². The number of nitrogens with two attached hydrogens (primary N) is 1. The van der Waals surface area contributed by atoms with Gasteiger partial charge < -0.3 is 19.9 Å². The highest BCUT2D eigenvalue weighted by molar-refractivity contribution is 5.90. The Labute approximate surface area is 149 Å². The molecular weight excluding hydrogens is 341 g/mol. The third-order valence-electron chi connectivity index (χ3n) is 3.97. The average molecular weight is 359 g/mol. The Balaban J connectivity index is 1.63. The van der Waals surface area contributed by atoms with Crippen LogP contribution in [0.1, 0.15) is 20.7 Å². The van der Waals surface area contributed by atoms with Crippen molar-refractivity contribution in [2.75, 3.05) is 6.61 Å². The first kappa shape index (κ1) is 18.0. The summed E-state index contributed by atoms with van der Waals surface area (Å²) in [6, 6.07) is 16.5. The normalized spacial score (nSPS) is 24.8. The van der Waals surface area contributed by atoms with Gasteiger partial charge in [0.05, 0.1) is 11.1 Å². The molecule has 0 aromatic heterocycles. The quantitative estimate of drug-likeness (QED) is 0.823. The molecule has 1 aliphatic heterocycles. The lowest BCUT2D eigenvalue weighted by atomic mass is 10.1. The van der Waals surface area contributed by atoms with Gasteiger partial charge in [0.2, 0.25) is 0 Å². The first-order chi connectivity index (χ1) is 12.6. The number of carbonyl (C=O) groups excluding carboxylic acids is 2. The molecule has 26 heavy (non-hydrogen) atoms. The lowest BCUT2D eigenvalue weighted by Crippen LogP contribution is -2.38. The van der Waals surface area contributed by atoms with Crippen LogP contribution in [0.2, 0.25) is 0 Å². The number of carbonyl (C=O) groups is 2. The van der Waals surface area contributed by atoms with Crippen LogP contribution in [-0.4, -0.2) is 43.2 Å². The predicted molar refractivity (Wildman–Crippen MR) is 90.1 cm³/mol.